The zero-order valence-electron chi connectivity index (χ0n) is 11.9. The summed E-state index contributed by atoms with van der Waals surface area (Å²) in [5.74, 6) is 0.778. The first-order valence-corrected chi connectivity index (χ1v) is 7.44. The van der Waals surface area contributed by atoms with Gasteiger partial charge in [0.05, 0.1) is 6.61 Å². The van der Waals surface area contributed by atoms with Crippen molar-refractivity contribution in [2.75, 3.05) is 13.1 Å². The van der Waals surface area contributed by atoms with E-state index in [1.165, 1.54) is 12.8 Å². The normalized spacial score (nSPS) is 18.8. The maximum atomic E-state index is 11.8. The number of piperidine rings is 1. The molecule has 3 N–H and O–H groups in total. The van der Waals surface area contributed by atoms with Crippen LogP contribution in [-0.2, 0) is 17.9 Å². The first-order chi connectivity index (χ1) is 9.78. The standard InChI is InChI=1S/C16H24N2O2/c19-12-15-5-3-14(4-6-15)11-18-16(20)8-7-13-2-1-9-17-10-13/h3-6,13,17,19H,1-2,7-12H2,(H,18,20). The summed E-state index contributed by atoms with van der Waals surface area (Å²) in [6.45, 7) is 2.79. The molecule has 1 aliphatic heterocycles. The van der Waals surface area contributed by atoms with E-state index in [0.717, 1.165) is 30.6 Å². The van der Waals surface area contributed by atoms with Crippen molar-refractivity contribution in [2.45, 2.75) is 38.8 Å². The summed E-state index contributed by atoms with van der Waals surface area (Å²) < 4.78 is 0. The fourth-order valence-corrected chi connectivity index (χ4v) is 2.56. The van der Waals surface area contributed by atoms with Crippen LogP contribution in [0.1, 0.15) is 36.8 Å². The lowest BCUT2D eigenvalue weighted by Gasteiger charge is -2.22. The van der Waals surface area contributed by atoms with Gasteiger partial charge in [0, 0.05) is 13.0 Å². The van der Waals surface area contributed by atoms with E-state index in [4.69, 9.17) is 5.11 Å². The Morgan fingerprint density at radius 3 is 2.70 bits per heavy atom. The molecule has 2 rings (SSSR count). The Balaban J connectivity index is 1.66. The van der Waals surface area contributed by atoms with Gasteiger partial charge < -0.3 is 15.7 Å². The number of rotatable bonds is 6. The fourth-order valence-electron chi connectivity index (χ4n) is 2.56. The van der Waals surface area contributed by atoms with Crippen molar-refractivity contribution in [1.82, 2.24) is 10.6 Å². The monoisotopic (exact) mass is 276 g/mol. The molecule has 20 heavy (non-hydrogen) atoms. The maximum Gasteiger partial charge on any atom is 0.220 e. The van der Waals surface area contributed by atoms with E-state index < -0.39 is 0 Å². The molecule has 4 heteroatoms. The van der Waals surface area contributed by atoms with Crippen LogP contribution in [0.5, 0.6) is 0 Å². The summed E-state index contributed by atoms with van der Waals surface area (Å²) >= 11 is 0. The predicted molar refractivity (Wildman–Crippen MR) is 79.0 cm³/mol. The largest absolute Gasteiger partial charge is 0.392 e. The number of carbonyl (C=O) groups is 1. The van der Waals surface area contributed by atoms with Crippen molar-refractivity contribution in [2.24, 2.45) is 5.92 Å². The van der Waals surface area contributed by atoms with Crippen molar-refractivity contribution in [3.63, 3.8) is 0 Å². The van der Waals surface area contributed by atoms with E-state index in [2.05, 4.69) is 10.6 Å². The Kier molecular flexibility index (Phi) is 6.02. The molecule has 1 saturated heterocycles. The summed E-state index contributed by atoms with van der Waals surface area (Å²) in [4.78, 5) is 11.8. The molecule has 1 amide bonds. The highest BCUT2D eigenvalue weighted by Crippen LogP contribution is 2.15. The molecular formula is C16H24N2O2. The predicted octanol–water partition coefficient (Wildman–Crippen LogP) is 1.57. The van der Waals surface area contributed by atoms with Gasteiger partial charge in [-0.3, -0.25) is 4.79 Å². The second-order valence-electron chi connectivity index (χ2n) is 5.50. The Labute approximate surface area is 120 Å². The zero-order valence-corrected chi connectivity index (χ0v) is 11.9. The molecule has 1 fully saturated rings. The highest BCUT2D eigenvalue weighted by Gasteiger charge is 2.14. The van der Waals surface area contributed by atoms with E-state index in [1.54, 1.807) is 0 Å². The fraction of sp³-hybridized carbons (Fsp3) is 0.562. The second kappa shape index (κ2) is 8.02. The van der Waals surface area contributed by atoms with Gasteiger partial charge in [-0.05, 0) is 49.4 Å². The molecule has 1 atom stereocenters. The average molecular weight is 276 g/mol. The number of nitrogens with one attached hydrogen (secondary N) is 2. The van der Waals surface area contributed by atoms with E-state index in [0.29, 0.717) is 18.9 Å². The van der Waals surface area contributed by atoms with Crippen LogP contribution in [0.3, 0.4) is 0 Å². The minimum atomic E-state index is 0.0576. The quantitative estimate of drug-likeness (QED) is 0.739. The van der Waals surface area contributed by atoms with Gasteiger partial charge in [-0.2, -0.15) is 0 Å². The van der Waals surface area contributed by atoms with Gasteiger partial charge >= 0.3 is 0 Å². The highest BCUT2D eigenvalue weighted by atomic mass is 16.3. The molecular weight excluding hydrogens is 252 g/mol. The summed E-state index contributed by atoms with van der Waals surface area (Å²) in [5.41, 5.74) is 1.96. The molecule has 110 valence electrons. The lowest BCUT2D eigenvalue weighted by Crippen LogP contribution is -2.31. The molecule has 0 bridgehead atoms. The van der Waals surface area contributed by atoms with Crippen molar-refractivity contribution < 1.29 is 9.90 Å². The molecule has 1 aromatic carbocycles. The van der Waals surface area contributed by atoms with Crippen molar-refractivity contribution in [3.05, 3.63) is 35.4 Å². The van der Waals surface area contributed by atoms with Gasteiger partial charge in [0.2, 0.25) is 5.91 Å². The van der Waals surface area contributed by atoms with Crippen LogP contribution in [0.15, 0.2) is 24.3 Å². The summed E-state index contributed by atoms with van der Waals surface area (Å²) in [6.07, 6.45) is 4.05. The van der Waals surface area contributed by atoms with Crippen LogP contribution in [0, 0.1) is 5.92 Å². The molecule has 0 aromatic heterocycles. The Morgan fingerprint density at radius 2 is 2.05 bits per heavy atom. The third-order valence-electron chi connectivity index (χ3n) is 3.87. The first-order valence-electron chi connectivity index (χ1n) is 7.44. The van der Waals surface area contributed by atoms with Crippen molar-refractivity contribution >= 4 is 5.91 Å². The maximum absolute atomic E-state index is 11.8. The van der Waals surface area contributed by atoms with Crippen LogP contribution >= 0.6 is 0 Å². The lowest BCUT2D eigenvalue weighted by molar-refractivity contribution is -0.121. The lowest BCUT2D eigenvalue weighted by atomic mass is 9.94. The second-order valence-corrected chi connectivity index (χ2v) is 5.50. The van der Waals surface area contributed by atoms with E-state index in [1.807, 2.05) is 24.3 Å². The van der Waals surface area contributed by atoms with Gasteiger partial charge in [0.1, 0.15) is 0 Å². The van der Waals surface area contributed by atoms with Crippen LogP contribution in [-0.4, -0.2) is 24.1 Å². The topological polar surface area (TPSA) is 61.4 Å². The smallest absolute Gasteiger partial charge is 0.220 e. The number of amides is 1. The van der Waals surface area contributed by atoms with Crippen LogP contribution in [0.4, 0.5) is 0 Å². The van der Waals surface area contributed by atoms with Crippen molar-refractivity contribution in [3.8, 4) is 0 Å². The molecule has 1 unspecified atom stereocenters. The summed E-state index contributed by atoms with van der Waals surface area (Å²) in [5, 5.41) is 15.3. The molecule has 0 radical (unpaired) electrons. The van der Waals surface area contributed by atoms with Crippen molar-refractivity contribution in [1.29, 1.82) is 0 Å². The highest BCUT2D eigenvalue weighted by molar-refractivity contribution is 5.75. The van der Waals surface area contributed by atoms with E-state index in [-0.39, 0.29) is 12.5 Å². The third kappa shape index (κ3) is 4.94. The Bertz CT molecular complexity index is 411. The number of hydrogen-bond donors (Lipinski definition) is 3. The van der Waals surface area contributed by atoms with Gasteiger partial charge in [-0.25, -0.2) is 0 Å². The molecule has 0 spiro atoms. The number of hydrogen-bond acceptors (Lipinski definition) is 3. The molecule has 1 aromatic rings. The number of aliphatic hydroxyl groups is 1. The molecule has 4 nitrogen and oxygen atoms in total. The molecule has 0 aliphatic carbocycles. The molecule has 1 aliphatic rings. The zero-order chi connectivity index (χ0) is 14.2. The third-order valence-corrected chi connectivity index (χ3v) is 3.87. The molecule has 0 saturated carbocycles. The van der Waals surface area contributed by atoms with Crippen LogP contribution in [0.25, 0.3) is 0 Å². The summed E-state index contributed by atoms with van der Waals surface area (Å²) in [6, 6.07) is 7.65. The minimum Gasteiger partial charge on any atom is -0.392 e. The van der Waals surface area contributed by atoms with Gasteiger partial charge in [0.15, 0.2) is 0 Å². The Hall–Kier alpha value is -1.39. The Morgan fingerprint density at radius 1 is 1.30 bits per heavy atom. The van der Waals surface area contributed by atoms with E-state index >= 15 is 0 Å². The van der Waals surface area contributed by atoms with E-state index in [9.17, 15) is 4.79 Å². The van der Waals surface area contributed by atoms with Gasteiger partial charge in [-0.15, -0.1) is 0 Å². The average Bonchev–Trinajstić information content (AvgIpc) is 2.52. The number of aliphatic hydroxyl groups excluding tert-OH is 1. The van der Waals surface area contributed by atoms with Crippen LogP contribution < -0.4 is 10.6 Å². The van der Waals surface area contributed by atoms with Crippen LogP contribution in [0.2, 0.25) is 0 Å². The van der Waals surface area contributed by atoms with Gasteiger partial charge in [0.25, 0.3) is 0 Å². The number of carbonyl (C=O) groups excluding carboxylic acids is 1. The SMILES string of the molecule is O=C(CCC1CCCNC1)NCc1ccc(CO)cc1. The summed E-state index contributed by atoms with van der Waals surface area (Å²) in [7, 11) is 0. The van der Waals surface area contributed by atoms with Gasteiger partial charge in [-0.1, -0.05) is 24.3 Å². The first kappa shape index (κ1) is 15.0. The minimum absolute atomic E-state index is 0.0576. The molecule has 1 heterocycles. The number of benzene rings is 1.